The normalized spacial score (nSPS) is 18.8. The highest BCUT2D eigenvalue weighted by Crippen LogP contribution is 2.45. The van der Waals surface area contributed by atoms with Crippen molar-refractivity contribution in [1.82, 2.24) is 10.3 Å². The fourth-order valence-corrected chi connectivity index (χ4v) is 4.14. The number of aromatic nitrogens is 1. The summed E-state index contributed by atoms with van der Waals surface area (Å²) in [6, 6.07) is 8.18. The molecule has 1 fully saturated rings. The highest BCUT2D eigenvalue weighted by Gasteiger charge is 2.35. The largest absolute Gasteiger partial charge is 0.353 e. The molecule has 0 radical (unpaired) electrons. The number of nitrogens with one attached hydrogen (secondary N) is 2. The van der Waals surface area contributed by atoms with Crippen molar-refractivity contribution < 1.29 is 18.0 Å². The lowest BCUT2D eigenvalue weighted by Gasteiger charge is -2.36. The smallest absolute Gasteiger partial charge is 0.220 e. The average Bonchev–Trinajstić information content (AvgIpc) is 2.97. The summed E-state index contributed by atoms with van der Waals surface area (Å²) in [5.74, 6) is -1.29. The van der Waals surface area contributed by atoms with Crippen LogP contribution in [0.4, 0.5) is 13.2 Å². The monoisotopic (exact) mass is 400 g/mol. The van der Waals surface area contributed by atoms with E-state index in [1.165, 1.54) is 18.2 Å². The lowest BCUT2D eigenvalue weighted by Crippen LogP contribution is -2.43. The van der Waals surface area contributed by atoms with Gasteiger partial charge < -0.3 is 10.3 Å². The summed E-state index contributed by atoms with van der Waals surface area (Å²) in [6.45, 7) is 3.99. The molecule has 0 spiro atoms. The van der Waals surface area contributed by atoms with Crippen LogP contribution in [0.3, 0.4) is 0 Å². The van der Waals surface area contributed by atoms with Gasteiger partial charge in [-0.05, 0) is 66.1 Å². The van der Waals surface area contributed by atoms with E-state index in [0.717, 1.165) is 11.6 Å². The fraction of sp³-hybridized carbons (Fsp3) is 0.348. The van der Waals surface area contributed by atoms with E-state index in [0.29, 0.717) is 35.9 Å². The zero-order valence-corrected chi connectivity index (χ0v) is 16.4. The Hall–Kier alpha value is -2.76. The Kier molecular flexibility index (Phi) is 5.11. The molecule has 1 saturated carbocycles. The Morgan fingerprint density at radius 1 is 1.10 bits per heavy atom. The van der Waals surface area contributed by atoms with Crippen LogP contribution < -0.4 is 5.32 Å². The van der Waals surface area contributed by atoms with Gasteiger partial charge in [-0.1, -0.05) is 13.8 Å². The summed E-state index contributed by atoms with van der Waals surface area (Å²) >= 11 is 0. The van der Waals surface area contributed by atoms with E-state index in [-0.39, 0.29) is 35.1 Å². The van der Waals surface area contributed by atoms with Crippen molar-refractivity contribution in [3.05, 3.63) is 59.4 Å². The number of amides is 1. The van der Waals surface area contributed by atoms with Gasteiger partial charge in [0.2, 0.25) is 5.91 Å². The summed E-state index contributed by atoms with van der Waals surface area (Å²) in [6.07, 6.45) is 1.87. The van der Waals surface area contributed by atoms with E-state index in [9.17, 15) is 18.0 Å². The molecule has 0 bridgehead atoms. The van der Waals surface area contributed by atoms with Gasteiger partial charge in [0.05, 0.1) is 11.2 Å². The molecule has 1 aromatic heterocycles. The molecular weight excluding hydrogens is 377 g/mol. The van der Waals surface area contributed by atoms with Gasteiger partial charge in [0, 0.05) is 23.9 Å². The Morgan fingerprint density at radius 2 is 1.79 bits per heavy atom. The maximum Gasteiger partial charge on any atom is 0.220 e. The van der Waals surface area contributed by atoms with Crippen molar-refractivity contribution in [2.24, 2.45) is 5.92 Å². The number of H-pyrrole nitrogens is 1. The Balaban J connectivity index is 1.67. The number of halogens is 3. The molecule has 0 unspecified atom stereocenters. The van der Waals surface area contributed by atoms with Crippen LogP contribution in [0.5, 0.6) is 0 Å². The van der Waals surface area contributed by atoms with Crippen LogP contribution in [0.25, 0.3) is 22.2 Å². The fourth-order valence-electron chi connectivity index (χ4n) is 4.14. The summed E-state index contributed by atoms with van der Waals surface area (Å²) in [4.78, 5) is 15.1. The molecule has 6 heteroatoms. The van der Waals surface area contributed by atoms with E-state index >= 15 is 0 Å². The first-order chi connectivity index (χ1) is 13.8. The molecule has 4 rings (SSSR count). The number of hydrogen-bond acceptors (Lipinski definition) is 1. The van der Waals surface area contributed by atoms with Crippen molar-refractivity contribution in [2.45, 2.75) is 45.1 Å². The molecule has 1 aliphatic carbocycles. The predicted octanol–water partition coefficient (Wildman–Crippen LogP) is 5.66. The second-order valence-electron chi connectivity index (χ2n) is 8.26. The number of carbonyl (C=O) groups excluding carboxylic acids is 1. The molecule has 3 aromatic rings. The summed E-state index contributed by atoms with van der Waals surface area (Å²) in [5, 5.41) is 3.53. The van der Waals surface area contributed by atoms with Gasteiger partial charge in [0.1, 0.15) is 17.5 Å². The number of rotatable bonds is 5. The number of hydrogen-bond donors (Lipinski definition) is 2. The standard InChI is InChI=1S/C23H23F3N2O/c1-12(2)7-20(29)27-17-8-14(9-17)21-18-10-16(25)11-19(26)23(18)28-22(21)13-3-5-15(24)6-4-13/h3-6,10-12,14,17,28H,7-9H2,1-2H3,(H,27,29)/t14-,17-. The first kappa shape index (κ1) is 19.6. The van der Waals surface area contributed by atoms with E-state index in [1.54, 1.807) is 12.1 Å². The molecule has 2 N–H and O–H groups in total. The SMILES string of the molecule is CC(C)CC(=O)N[C@H]1C[C@H](c2c(-c3ccc(F)cc3)[nH]c3c(F)cc(F)cc32)C1. The molecule has 0 saturated heterocycles. The Labute approximate surface area is 167 Å². The van der Waals surface area contributed by atoms with E-state index in [4.69, 9.17) is 0 Å². The van der Waals surface area contributed by atoms with Gasteiger partial charge in [-0.3, -0.25) is 4.79 Å². The molecule has 1 amide bonds. The lowest BCUT2D eigenvalue weighted by molar-refractivity contribution is -0.123. The highest BCUT2D eigenvalue weighted by atomic mass is 19.1. The quantitative estimate of drug-likeness (QED) is 0.570. The first-order valence-electron chi connectivity index (χ1n) is 9.87. The van der Waals surface area contributed by atoms with Gasteiger partial charge >= 0.3 is 0 Å². The first-order valence-corrected chi connectivity index (χ1v) is 9.87. The van der Waals surface area contributed by atoms with Crippen LogP contribution in [0.1, 0.15) is 44.6 Å². The third-order valence-corrected chi connectivity index (χ3v) is 5.50. The minimum atomic E-state index is -0.657. The van der Waals surface area contributed by atoms with Crippen LogP contribution in [-0.2, 0) is 4.79 Å². The van der Waals surface area contributed by atoms with Crippen LogP contribution >= 0.6 is 0 Å². The van der Waals surface area contributed by atoms with Crippen LogP contribution in [0, 0.1) is 23.4 Å². The molecular formula is C23H23F3N2O. The molecule has 2 aromatic carbocycles. The average molecular weight is 400 g/mol. The van der Waals surface area contributed by atoms with Crippen LogP contribution in [0.15, 0.2) is 36.4 Å². The maximum atomic E-state index is 14.4. The van der Waals surface area contributed by atoms with Crippen molar-refractivity contribution in [1.29, 1.82) is 0 Å². The van der Waals surface area contributed by atoms with Crippen molar-refractivity contribution in [3.8, 4) is 11.3 Å². The number of fused-ring (bicyclic) bond motifs is 1. The van der Waals surface area contributed by atoms with Crippen molar-refractivity contribution >= 4 is 16.8 Å². The predicted molar refractivity (Wildman–Crippen MR) is 107 cm³/mol. The highest BCUT2D eigenvalue weighted by molar-refractivity contribution is 5.92. The second kappa shape index (κ2) is 7.58. The van der Waals surface area contributed by atoms with Gasteiger partial charge in [0.25, 0.3) is 0 Å². The number of carbonyl (C=O) groups is 1. The molecule has 3 nitrogen and oxygen atoms in total. The third kappa shape index (κ3) is 3.88. The zero-order valence-electron chi connectivity index (χ0n) is 16.4. The van der Waals surface area contributed by atoms with E-state index in [2.05, 4.69) is 10.3 Å². The van der Waals surface area contributed by atoms with Gasteiger partial charge in [-0.2, -0.15) is 0 Å². The lowest BCUT2D eigenvalue weighted by atomic mass is 9.74. The second-order valence-corrected chi connectivity index (χ2v) is 8.26. The molecule has 1 heterocycles. The minimum absolute atomic E-state index is 0.0261. The van der Waals surface area contributed by atoms with Gasteiger partial charge in [0.15, 0.2) is 0 Å². The summed E-state index contributed by atoms with van der Waals surface area (Å²) < 4.78 is 41.7. The molecule has 1 aliphatic rings. The van der Waals surface area contributed by atoms with E-state index < -0.39 is 11.6 Å². The van der Waals surface area contributed by atoms with Gasteiger partial charge in [-0.25, -0.2) is 13.2 Å². The summed E-state index contributed by atoms with van der Waals surface area (Å²) in [7, 11) is 0. The minimum Gasteiger partial charge on any atom is -0.353 e. The maximum absolute atomic E-state index is 14.4. The molecule has 0 aliphatic heterocycles. The van der Waals surface area contributed by atoms with Crippen LogP contribution in [0.2, 0.25) is 0 Å². The van der Waals surface area contributed by atoms with Crippen LogP contribution in [-0.4, -0.2) is 16.9 Å². The van der Waals surface area contributed by atoms with Crippen molar-refractivity contribution in [3.63, 3.8) is 0 Å². The summed E-state index contributed by atoms with van der Waals surface area (Å²) in [5.41, 5.74) is 2.44. The van der Waals surface area contributed by atoms with Crippen molar-refractivity contribution in [2.75, 3.05) is 0 Å². The molecule has 29 heavy (non-hydrogen) atoms. The van der Waals surface area contributed by atoms with E-state index in [1.807, 2.05) is 13.8 Å². The molecule has 152 valence electrons. The molecule has 0 atom stereocenters. The zero-order chi connectivity index (χ0) is 20.7. The van der Waals surface area contributed by atoms with Gasteiger partial charge in [-0.15, -0.1) is 0 Å². The number of benzene rings is 2. The Morgan fingerprint density at radius 3 is 2.45 bits per heavy atom. The number of aromatic amines is 1. The third-order valence-electron chi connectivity index (χ3n) is 5.50. The Bertz CT molecular complexity index is 1050. The topological polar surface area (TPSA) is 44.9 Å².